The SMILES string of the molecule is Cc1ccc2c(c1)nc1cc(N3CCCC(O)C3)ccn12. The van der Waals surface area contributed by atoms with E-state index in [1.54, 1.807) is 0 Å². The quantitative estimate of drug-likeness (QED) is 0.745. The highest BCUT2D eigenvalue weighted by atomic mass is 16.3. The lowest BCUT2D eigenvalue weighted by Crippen LogP contribution is -2.38. The highest BCUT2D eigenvalue weighted by Gasteiger charge is 2.18. The first-order chi connectivity index (χ1) is 10.2. The van der Waals surface area contributed by atoms with Crippen LogP contribution in [0.4, 0.5) is 5.69 Å². The van der Waals surface area contributed by atoms with Crippen molar-refractivity contribution in [1.82, 2.24) is 9.38 Å². The molecule has 0 aliphatic carbocycles. The van der Waals surface area contributed by atoms with Crippen LogP contribution in [0.2, 0.25) is 0 Å². The molecule has 4 rings (SSSR count). The minimum absolute atomic E-state index is 0.212. The van der Waals surface area contributed by atoms with Crippen LogP contribution in [-0.4, -0.2) is 33.7 Å². The van der Waals surface area contributed by atoms with Crippen LogP contribution in [0.5, 0.6) is 0 Å². The molecule has 4 nitrogen and oxygen atoms in total. The number of fused-ring (bicyclic) bond motifs is 3. The molecule has 0 amide bonds. The van der Waals surface area contributed by atoms with Crippen LogP contribution in [0.1, 0.15) is 18.4 Å². The van der Waals surface area contributed by atoms with Gasteiger partial charge in [-0.1, -0.05) is 6.07 Å². The van der Waals surface area contributed by atoms with Crippen molar-refractivity contribution >= 4 is 22.4 Å². The first-order valence-electron chi connectivity index (χ1n) is 7.52. The van der Waals surface area contributed by atoms with E-state index in [9.17, 15) is 5.11 Å². The molecule has 1 fully saturated rings. The summed E-state index contributed by atoms with van der Waals surface area (Å²) in [6.45, 7) is 3.81. The van der Waals surface area contributed by atoms with Crippen molar-refractivity contribution in [2.24, 2.45) is 0 Å². The van der Waals surface area contributed by atoms with E-state index >= 15 is 0 Å². The zero-order valence-electron chi connectivity index (χ0n) is 12.2. The van der Waals surface area contributed by atoms with E-state index in [2.05, 4.69) is 52.8 Å². The first-order valence-corrected chi connectivity index (χ1v) is 7.52. The van der Waals surface area contributed by atoms with Crippen LogP contribution < -0.4 is 4.90 Å². The van der Waals surface area contributed by atoms with E-state index in [1.165, 1.54) is 5.56 Å². The van der Waals surface area contributed by atoms with E-state index < -0.39 is 0 Å². The lowest BCUT2D eigenvalue weighted by molar-refractivity contribution is 0.154. The molecule has 1 unspecified atom stereocenters. The summed E-state index contributed by atoms with van der Waals surface area (Å²) in [4.78, 5) is 6.97. The summed E-state index contributed by atoms with van der Waals surface area (Å²) in [5.74, 6) is 0. The molecule has 21 heavy (non-hydrogen) atoms. The molecule has 1 aliphatic rings. The first kappa shape index (κ1) is 12.7. The Kier molecular flexibility index (Phi) is 2.86. The largest absolute Gasteiger partial charge is 0.391 e. The van der Waals surface area contributed by atoms with Crippen LogP contribution in [0, 0.1) is 6.92 Å². The second-order valence-electron chi connectivity index (χ2n) is 5.96. The summed E-state index contributed by atoms with van der Waals surface area (Å²) >= 11 is 0. The zero-order valence-corrected chi connectivity index (χ0v) is 12.2. The Morgan fingerprint density at radius 3 is 3.00 bits per heavy atom. The van der Waals surface area contributed by atoms with Gasteiger partial charge in [0.15, 0.2) is 0 Å². The third kappa shape index (κ3) is 2.16. The van der Waals surface area contributed by atoms with Crippen LogP contribution in [0.25, 0.3) is 16.7 Å². The van der Waals surface area contributed by atoms with Crippen molar-refractivity contribution in [3.05, 3.63) is 42.1 Å². The topological polar surface area (TPSA) is 40.8 Å². The summed E-state index contributed by atoms with van der Waals surface area (Å²) in [7, 11) is 0. The van der Waals surface area contributed by atoms with Gasteiger partial charge < -0.3 is 10.0 Å². The number of imidazole rings is 1. The highest BCUT2D eigenvalue weighted by Crippen LogP contribution is 2.24. The minimum atomic E-state index is -0.212. The Balaban J connectivity index is 1.80. The summed E-state index contributed by atoms with van der Waals surface area (Å²) in [6.07, 6.45) is 3.82. The van der Waals surface area contributed by atoms with Crippen LogP contribution in [-0.2, 0) is 0 Å². The summed E-state index contributed by atoms with van der Waals surface area (Å²) in [6, 6.07) is 10.6. The number of nitrogens with zero attached hydrogens (tertiary/aromatic N) is 3. The molecule has 1 aliphatic heterocycles. The molecule has 108 valence electrons. The lowest BCUT2D eigenvalue weighted by Gasteiger charge is -2.31. The zero-order chi connectivity index (χ0) is 14.4. The second-order valence-corrected chi connectivity index (χ2v) is 5.96. The van der Waals surface area contributed by atoms with Gasteiger partial charge in [-0.2, -0.15) is 0 Å². The molecular formula is C17H19N3O. The summed E-state index contributed by atoms with van der Waals surface area (Å²) in [5.41, 5.74) is 5.51. The molecule has 4 heteroatoms. The Morgan fingerprint density at radius 2 is 2.14 bits per heavy atom. The number of piperidine rings is 1. The van der Waals surface area contributed by atoms with Crippen LogP contribution in [0.15, 0.2) is 36.5 Å². The van der Waals surface area contributed by atoms with Gasteiger partial charge in [0, 0.05) is 31.0 Å². The molecule has 3 heterocycles. The predicted octanol–water partition coefficient (Wildman–Crippen LogP) is 2.76. The molecule has 0 radical (unpaired) electrons. The van der Waals surface area contributed by atoms with Crippen molar-refractivity contribution in [2.75, 3.05) is 18.0 Å². The van der Waals surface area contributed by atoms with E-state index in [0.717, 1.165) is 48.3 Å². The molecule has 3 aromatic rings. The molecule has 0 saturated carbocycles. The van der Waals surface area contributed by atoms with Crippen LogP contribution in [0.3, 0.4) is 0 Å². The number of benzene rings is 1. The van der Waals surface area contributed by atoms with E-state index in [0.29, 0.717) is 0 Å². The van der Waals surface area contributed by atoms with Gasteiger partial charge in [0.2, 0.25) is 0 Å². The van der Waals surface area contributed by atoms with Gasteiger partial charge in [-0.3, -0.25) is 4.40 Å². The smallest absolute Gasteiger partial charge is 0.139 e. The molecule has 1 atom stereocenters. The van der Waals surface area contributed by atoms with Gasteiger partial charge in [-0.05, 0) is 43.5 Å². The number of β-amino-alcohol motifs (C(OH)–C–C–N with tert-alkyl or cyclic N) is 1. The molecule has 2 aromatic heterocycles. The maximum atomic E-state index is 9.84. The molecule has 0 spiro atoms. The standard InChI is InChI=1S/C17H19N3O/c1-12-4-5-16-15(9-12)18-17-10-13(6-8-20(16)17)19-7-2-3-14(21)11-19/h4-6,8-10,14,21H,2-3,7,11H2,1H3. The van der Waals surface area contributed by atoms with E-state index in [-0.39, 0.29) is 6.10 Å². The number of aliphatic hydroxyl groups excluding tert-OH is 1. The number of aliphatic hydroxyl groups is 1. The molecule has 1 saturated heterocycles. The molecular weight excluding hydrogens is 262 g/mol. The van der Waals surface area contributed by atoms with E-state index in [4.69, 9.17) is 4.98 Å². The number of rotatable bonds is 1. The number of hydrogen-bond donors (Lipinski definition) is 1. The van der Waals surface area contributed by atoms with Crippen molar-refractivity contribution < 1.29 is 5.11 Å². The van der Waals surface area contributed by atoms with Gasteiger partial charge in [0.25, 0.3) is 0 Å². The Hall–Kier alpha value is -2.07. The Bertz CT molecular complexity index is 808. The van der Waals surface area contributed by atoms with Crippen molar-refractivity contribution in [2.45, 2.75) is 25.9 Å². The fraction of sp³-hybridized carbons (Fsp3) is 0.353. The van der Waals surface area contributed by atoms with Gasteiger partial charge >= 0.3 is 0 Å². The maximum absolute atomic E-state index is 9.84. The van der Waals surface area contributed by atoms with Gasteiger partial charge in [0.1, 0.15) is 5.65 Å². The van der Waals surface area contributed by atoms with Gasteiger partial charge in [0.05, 0.1) is 17.1 Å². The van der Waals surface area contributed by atoms with Gasteiger partial charge in [-0.15, -0.1) is 0 Å². The van der Waals surface area contributed by atoms with Crippen molar-refractivity contribution in [3.63, 3.8) is 0 Å². The summed E-state index contributed by atoms with van der Waals surface area (Å²) < 4.78 is 2.12. The number of aromatic nitrogens is 2. The number of pyridine rings is 1. The van der Waals surface area contributed by atoms with E-state index in [1.807, 2.05) is 0 Å². The van der Waals surface area contributed by atoms with Crippen molar-refractivity contribution in [1.29, 1.82) is 0 Å². The van der Waals surface area contributed by atoms with Crippen LogP contribution >= 0.6 is 0 Å². The molecule has 1 N–H and O–H groups in total. The van der Waals surface area contributed by atoms with Crippen molar-refractivity contribution in [3.8, 4) is 0 Å². The molecule has 1 aromatic carbocycles. The maximum Gasteiger partial charge on any atom is 0.139 e. The minimum Gasteiger partial charge on any atom is -0.391 e. The third-order valence-corrected chi connectivity index (χ3v) is 4.31. The monoisotopic (exact) mass is 281 g/mol. The molecule has 0 bridgehead atoms. The van der Waals surface area contributed by atoms with Gasteiger partial charge in [-0.25, -0.2) is 4.98 Å². The highest BCUT2D eigenvalue weighted by molar-refractivity contribution is 5.82. The Labute approximate surface area is 123 Å². The number of hydrogen-bond acceptors (Lipinski definition) is 3. The average Bonchev–Trinajstić information content (AvgIpc) is 2.83. The fourth-order valence-electron chi connectivity index (χ4n) is 3.20. The third-order valence-electron chi connectivity index (χ3n) is 4.31. The predicted molar refractivity (Wildman–Crippen MR) is 84.9 cm³/mol. The second kappa shape index (κ2) is 4.74. The summed E-state index contributed by atoms with van der Waals surface area (Å²) in [5, 5.41) is 9.84. The Morgan fingerprint density at radius 1 is 1.24 bits per heavy atom. The normalized spacial score (nSPS) is 19.5. The number of anilines is 1. The number of aryl methyl sites for hydroxylation is 1. The fourth-order valence-corrected chi connectivity index (χ4v) is 3.20. The lowest BCUT2D eigenvalue weighted by atomic mass is 10.1. The average molecular weight is 281 g/mol.